The molecule has 0 saturated carbocycles. The Bertz CT molecular complexity index is 1020. The molecule has 1 N–H and O–H groups in total. The van der Waals surface area contributed by atoms with Crippen LogP contribution in [-0.2, 0) is 6.42 Å². The van der Waals surface area contributed by atoms with Crippen molar-refractivity contribution in [1.82, 2.24) is 9.78 Å². The predicted octanol–water partition coefficient (Wildman–Crippen LogP) is 3.92. The molecule has 0 spiro atoms. The van der Waals surface area contributed by atoms with Gasteiger partial charge in [-0.05, 0) is 62.2 Å². The second-order valence-corrected chi connectivity index (χ2v) is 7.14. The summed E-state index contributed by atoms with van der Waals surface area (Å²) in [7, 11) is 0. The molecule has 0 aliphatic carbocycles. The molecule has 0 radical (unpaired) electrons. The first kappa shape index (κ1) is 18.0. The van der Waals surface area contributed by atoms with E-state index in [1.807, 2.05) is 36.9 Å². The Morgan fingerprint density at radius 3 is 2.50 bits per heavy atom. The summed E-state index contributed by atoms with van der Waals surface area (Å²) in [5, 5.41) is 7.09. The van der Waals surface area contributed by atoms with Gasteiger partial charge in [0.15, 0.2) is 5.69 Å². The van der Waals surface area contributed by atoms with Crippen LogP contribution in [0.2, 0.25) is 0 Å². The molecule has 2 amide bonds. The topological polar surface area (TPSA) is 67.2 Å². The van der Waals surface area contributed by atoms with Crippen LogP contribution < -0.4 is 10.2 Å². The number of aromatic nitrogens is 2. The van der Waals surface area contributed by atoms with Gasteiger partial charge in [0.05, 0.1) is 0 Å². The van der Waals surface area contributed by atoms with Crippen molar-refractivity contribution in [3.63, 3.8) is 0 Å². The van der Waals surface area contributed by atoms with Gasteiger partial charge in [-0.2, -0.15) is 5.10 Å². The van der Waals surface area contributed by atoms with E-state index >= 15 is 0 Å². The number of amides is 2. The zero-order chi connectivity index (χ0) is 19.7. The predicted molar refractivity (Wildman–Crippen MR) is 109 cm³/mol. The van der Waals surface area contributed by atoms with Crippen LogP contribution in [0, 0.1) is 0 Å². The number of rotatable bonds is 4. The summed E-state index contributed by atoms with van der Waals surface area (Å²) < 4.78 is 1.74. The van der Waals surface area contributed by atoms with Gasteiger partial charge in [-0.15, -0.1) is 0 Å². The highest BCUT2D eigenvalue weighted by Crippen LogP contribution is 2.29. The monoisotopic (exact) mass is 374 g/mol. The number of hydrogen-bond acceptors (Lipinski definition) is 3. The summed E-state index contributed by atoms with van der Waals surface area (Å²) >= 11 is 0. The number of nitrogens with one attached hydrogen (secondary N) is 1. The Labute approximate surface area is 163 Å². The third-order valence-electron chi connectivity index (χ3n) is 4.89. The highest BCUT2D eigenvalue weighted by molar-refractivity contribution is 6.08. The first-order valence-corrected chi connectivity index (χ1v) is 9.39. The lowest BCUT2D eigenvalue weighted by Crippen LogP contribution is -2.28. The molecule has 142 valence electrons. The van der Waals surface area contributed by atoms with E-state index in [4.69, 9.17) is 0 Å². The van der Waals surface area contributed by atoms with Gasteiger partial charge in [-0.25, -0.2) is 0 Å². The molecule has 28 heavy (non-hydrogen) atoms. The van der Waals surface area contributed by atoms with Crippen LogP contribution in [0.1, 0.15) is 46.3 Å². The number of nitrogens with zero attached hydrogens (tertiary/aromatic N) is 3. The van der Waals surface area contributed by atoms with Gasteiger partial charge in [0.2, 0.25) is 0 Å². The van der Waals surface area contributed by atoms with Gasteiger partial charge >= 0.3 is 0 Å². The number of benzene rings is 2. The van der Waals surface area contributed by atoms with E-state index in [1.54, 1.807) is 41.2 Å². The fourth-order valence-electron chi connectivity index (χ4n) is 3.34. The second kappa shape index (κ2) is 7.31. The lowest BCUT2D eigenvalue weighted by molar-refractivity contribution is 0.0988. The van der Waals surface area contributed by atoms with Gasteiger partial charge in [0.1, 0.15) is 0 Å². The molecule has 2 heterocycles. The smallest absolute Gasteiger partial charge is 0.276 e. The molecule has 0 atom stereocenters. The zero-order valence-corrected chi connectivity index (χ0v) is 15.9. The van der Waals surface area contributed by atoms with E-state index in [0.29, 0.717) is 23.5 Å². The standard InChI is InChI=1S/C22H22N4O2/c1-15(2)26-14-12-19(24-26)21(27)23-18-9-7-17(8-10-18)22(28)25-13-11-16-5-3-4-6-20(16)25/h3-10,12,14-15H,11,13H2,1-2H3,(H,23,27). The first-order chi connectivity index (χ1) is 13.5. The molecule has 1 aliphatic rings. The molecule has 0 bridgehead atoms. The van der Waals surface area contributed by atoms with Crippen molar-refractivity contribution in [3.05, 3.63) is 77.6 Å². The van der Waals surface area contributed by atoms with Crippen molar-refractivity contribution in [2.75, 3.05) is 16.8 Å². The molecule has 2 aromatic carbocycles. The molecular weight excluding hydrogens is 352 g/mol. The molecule has 4 rings (SSSR count). The van der Waals surface area contributed by atoms with E-state index in [9.17, 15) is 9.59 Å². The van der Waals surface area contributed by atoms with Gasteiger partial charge in [-0.3, -0.25) is 14.3 Å². The Morgan fingerprint density at radius 2 is 1.79 bits per heavy atom. The average Bonchev–Trinajstić information content (AvgIpc) is 3.36. The van der Waals surface area contributed by atoms with E-state index < -0.39 is 0 Å². The molecule has 6 heteroatoms. The third kappa shape index (κ3) is 3.41. The quantitative estimate of drug-likeness (QED) is 0.753. The molecule has 6 nitrogen and oxygen atoms in total. The van der Waals surface area contributed by atoms with Crippen LogP contribution in [0.5, 0.6) is 0 Å². The Balaban J connectivity index is 1.45. The zero-order valence-electron chi connectivity index (χ0n) is 15.9. The normalized spacial score (nSPS) is 12.9. The summed E-state index contributed by atoms with van der Waals surface area (Å²) in [6, 6.07) is 16.8. The van der Waals surface area contributed by atoms with Crippen molar-refractivity contribution in [2.24, 2.45) is 0 Å². The van der Waals surface area contributed by atoms with Gasteiger partial charge in [0.25, 0.3) is 11.8 Å². The lowest BCUT2D eigenvalue weighted by atomic mass is 10.1. The summed E-state index contributed by atoms with van der Waals surface area (Å²) in [6.45, 7) is 4.70. The minimum atomic E-state index is -0.271. The number of fused-ring (bicyclic) bond motifs is 1. The van der Waals surface area contributed by atoms with Crippen LogP contribution in [0.15, 0.2) is 60.8 Å². The van der Waals surface area contributed by atoms with E-state index in [-0.39, 0.29) is 17.9 Å². The van der Waals surface area contributed by atoms with E-state index in [0.717, 1.165) is 12.1 Å². The fraction of sp³-hybridized carbons (Fsp3) is 0.227. The average molecular weight is 374 g/mol. The van der Waals surface area contributed by atoms with Crippen molar-refractivity contribution in [2.45, 2.75) is 26.3 Å². The van der Waals surface area contributed by atoms with Crippen molar-refractivity contribution >= 4 is 23.2 Å². The second-order valence-electron chi connectivity index (χ2n) is 7.14. The molecule has 1 aliphatic heterocycles. The van der Waals surface area contributed by atoms with Crippen LogP contribution in [0.3, 0.4) is 0 Å². The van der Waals surface area contributed by atoms with E-state index in [2.05, 4.69) is 16.5 Å². The number of anilines is 2. The largest absolute Gasteiger partial charge is 0.321 e. The first-order valence-electron chi connectivity index (χ1n) is 9.39. The minimum absolute atomic E-state index is 0.0292. The minimum Gasteiger partial charge on any atom is -0.321 e. The van der Waals surface area contributed by atoms with Crippen molar-refractivity contribution < 1.29 is 9.59 Å². The highest BCUT2D eigenvalue weighted by Gasteiger charge is 2.25. The lowest BCUT2D eigenvalue weighted by Gasteiger charge is -2.17. The van der Waals surface area contributed by atoms with Crippen LogP contribution in [0.25, 0.3) is 0 Å². The van der Waals surface area contributed by atoms with Gasteiger partial charge < -0.3 is 10.2 Å². The van der Waals surface area contributed by atoms with Crippen LogP contribution in [0.4, 0.5) is 11.4 Å². The number of para-hydroxylation sites is 1. The van der Waals surface area contributed by atoms with Crippen molar-refractivity contribution in [1.29, 1.82) is 0 Å². The van der Waals surface area contributed by atoms with Crippen molar-refractivity contribution in [3.8, 4) is 0 Å². The summed E-state index contributed by atoms with van der Waals surface area (Å²) in [4.78, 5) is 27.0. The Hall–Kier alpha value is -3.41. The summed E-state index contributed by atoms with van der Waals surface area (Å²) in [5.41, 5.74) is 3.76. The maximum Gasteiger partial charge on any atom is 0.276 e. The molecule has 0 fully saturated rings. The number of carbonyl (C=O) groups excluding carboxylic acids is 2. The molecule has 0 unspecified atom stereocenters. The molecular formula is C22H22N4O2. The SMILES string of the molecule is CC(C)n1ccc(C(=O)Nc2ccc(C(=O)N3CCc4ccccc43)cc2)n1. The fourth-order valence-corrected chi connectivity index (χ4v) is 3.34. The third-order valence-corrected chi connectivity index (χ3v) is 4.89. The Morgan fingerprint density at radius 1 is 1.04 bits per heavy atom. The van der Waals surface area contributed by atoms with Crippen LogP contribution >= 0.6 is 0 Å². The highest BCUT2D eigenvalue weighted by atomic mass is 16.2. The Kier molecular flexibility index (Phi) is 4.69. The summed E-state index contributed by atoms with van der Waals surface area (Å²) in [6.07, 6.45) is 2.66. The maximum absolute atomic E-state index is 12.9. The van der Waals surface area contributed by atoms with Gasteiger partial charge in [0, 0.05) is 35.7 Å². The van der Waals surface area contributed by atoms with E-state index in [1.165, 1.54) is 5.56 Å². The summed E-state index contributed by atoms with van der Waals surface area (Å²) in [5.74, 6) is -0.301. The number of hydrogen-bond donors (Lipinski definition) is 1. The molecule has 1 aromatic heterocycles. The molecule has 0 saturated heterocycles. The van der Waals surface area contributed by atoms with Gasteiger partial charge in [-0.1, -0.05) is 18.2 Å². The maximum atomic E-state index is 12.9. The molecule has 3 aromatic rings. The van der Waals surface area contributed by atoms with Crippen LogP contribution in [-0.4, -0.2) is 28.1 Å². The number of carbonyl (C=O) groups is 2.